The van der Waals surface area contributed by atoms with Crippen molar-refractivity contribution in [1.82, 2.24) is 10.2 Å². The van der Waals surface area contributed by atoms with Crippen LogP contribution in [0.1, 0.15) is 27.1 Å². The van der Waals surface area contributed by atoms with Crippen molar-refractivity contribution in [3.63, 3.8) is 0 Å². The number of piperazine rings is 1. The Labute approximate surface area is 185 Å². The van der Waals surface area contributed by atoms with Crippen LogP contribution in [0.15, 0.2) is 59.9 Å². The van der Waals surface area contributed by atoms with Crippen LogP contribution in [-0.4, -0.2) is 60.7 Å². The van der Waals surface area contributed by atoms with E-state index in [1.54, 1.807) is 36.4 Å². The van der Waals surface area contributed by atoms with Crippen LogP contribution >= 0.6 is 0 Å². The van der Waals surface area contributed by atoms with Gasteiger partial charge in [-0.1, -0.05) is 36.4 Å². The summed E-state index contributed by atoms with van der Waals surface area (Å²) in [5.74, 6) is -0.579. The lowest BCUT2D eigenvalue weighted by molar-refractivity contribution is -0.384. The zero-order valence-electron chi connectivity index (χ0n) is 17.6. The van der Waals surface area contributed by atoms with Gasteiger partial charge in [0.1, 0.15) is 17.1 Å². The van der Waals surface area contributed by atoms with E-state index in [0.29, 0.717) is 36.4 Å². The molecule has 32 heavy (non-hydrogen) atoms. The third kappa shape index (κ3) is 4.19. The number of hydrogen-bond donors (Lipinski definition) is 2. The van der Waals surface area contributed by atoms with Crippen molar-refractivity contribution in [2.75, 3.05) is 44.2 Å². The number of carbonyl (C=O) groups is 2. The zero-order chi connectivity index (χ0) is 22.7. The van der Waals surface area contributed by atoms with Crippen LogP contribution in [0.2, 0.25) is 0 Å². The second kappa shape index (κ2) is 9.19. The minimum atomic E-state index is -0.344. The van der Waals surface area contributed by atoms with Crippen LogP contribution in [0.4, 0.5) is 11.4 Å². The molecule has 1 fully saturated rings. The van der Waals surface area contributed by atoms with Gasteiger partial charge in [-0.2, -0.15) is 0 Å². The molecule has 0 amide bonds. The summed E-state index contributed by atoms with van der Waals surface area (Å²) in [4.78, 5) is 40.4. The summed E-state index contributed by atoms with van der Waals surface area (Å²) in [6, 6.07) is 13.5. The molecule has 1 saturated heterocycles. The van der Waals surface area contributed by atoms with Gasteiger partial charge < -0.3 is 16.0 Å². The van der Waals surface area contributed by atoms with Gasteiger partial charge in [-0.25, -0.2) is 0 Å². The molecule has 0 saturated carbocycles. The predicted molar refractivity (Wildman–Crippen MR) is 121 cm³/mol. The maximum atomic E-state index is 12.7. The van der Waals surface area contributed by atoms with Gasteiger partial charge in [0.25, 0.3) is 5.69 Å². The van der Waals surface area contributed by atoms with E-state index in [1.807, 2.05) is 11.0 Å². The van der Waals surface area contributed by atoms with Crippen LogP contribution in [0.5, 0.6) is 0 Å². The van der Waals surface area contributed by atoms with E-state index in [-0.39, 0.29) is 33.6 Å². The van der Waals surface area contributed by atoms with Gasteiger partial charge in [-0.3, -0.25) is 24.6 Å². The molecule has 0 unspecified atom stereocenters. The van der Waals surface area contributed by atoms with Crippen LogP contribution in [0.25, 0.3) is 0 Å². The Balaban J connectivity index is 1.27. The molecule has 1 aliphatic heterocycles. The molecule has 9 nitrogen and oxygen atoms in total. The smallest absolute Gasteiger partial charge is 0.292 e. The number of nitro groups is 1. The average molecular weight is 435 g/mol. The number of nitro benzene ring substituents is 1. The number of nitrogens with two attached hydrogens (primary N) is 1. The largest absolute Gasteiger partial charge is 0.394 e. The third-order valence-corrected chi connectivity index (χ3v) is 5.90. The molecule has 0 aromatic heterocycles. The minimum absolute atomic E-state index is 0.0354. The van der Waals surface area contributed by atoms with Gasteiger partial charge in [0, 0.05) is 49.9 Å². The normalized spacial score (nSPS) is 16.8. The van der Waals surface area contributed by atoms with E-state index in [2.05, 4.69) is 10.2 Å². The summed E-state index contributed by atoms with van der Waals surface area (Å²) in [5, 5.41) is 14.3. The molecule has 3 N–H and O–H groups in total. The van der Waals surface area contributed by atoms with Crippen molar-refractivity contribution in [2.45, 2.75) is 6.42 Å². The maximum absolute atomic E-state index is 12.7. The Hall–Kier alpha value is -3.72. The lowest BCUT2D eigenvalue weighted by atomic mass is 9.90. The molecule has 9 heteroatoms. The topological polar surface area (TPSA) is 122 Å². The lowest BCUT2D eigenvalue weighted by Crippen LogP contribution is -2.47. The van der Waals surface area contributed by atoms with E-state index in [1.165, 1.54) is 6.07 Å². The first-order valence-electron chi connectivity index (χ1n) is 10.6. The molecule has 0 radical (unpaired) electrons. The first kappa shape index (κ1) is 21.5. The summed E-state index contributed by atoms with van der Waals surface area (Å²) >= 11 is 0. The molecule has 0 atom stereocenters. The number of carbonyl (C=O) groups excluding carboxylic acids is 2. The van der Waals surface area contributed by atoms with Gasteiger partial charge in [-0.15, -0.1) is 0 Å². The molecule has 0 bridgehead atoms. The van der Waals surface area contributed by atoms with Crippen molar-refractivity contribution in [1.29, 1.82) is 0 Å². The molecule has 2 aromatic rings. The fourth-order valence-electron chi connectivity index (χ4n) is 4.18. The van der Waals surface area contributed by atoms with E-state index >= 15 is 0 Å². The van der Waals surface area contributed by atoms with Crippen LogP contribution in [0.3, 0.4) is 0 Å². The quantitative estimate of drug-likeness (QED) is 0.384. The number of hydrogen-bond acceptors (Lipinski definition) is 8. The second-order valence-electron chi connectivity index (χ2n) is 7.85. The first-order valence-corrected chi connectivity index (χ1v) is 10.6. The van der Waals surface area contributed by atoms with Crippen molar-refractivity contribution in [2.24, 2.45) is 5.73 Å². The van der Waals surface area contributed by atoms with Crippen LogP contribution in [0, 0.1) is 10.1 Å². The Morgan fingerprint density at radius 2 is 1.56 bits per heavy atom. The molecule has 4 rings (SSSR count). The highest BCUT2D eigenvalue weighted by Gasteiger charge is 2.30. The van der Waals surface area contributed by atoms with Crippen molar-refractivity contribution in [3.8, 4) is 0 Å². The summed E-state index contributed by atoms with van der Waals surface area (Å²) < 4.78 is 0. The Bertz CT molecular complexity index is 1090. The molecule has 2 aliphatic rings. The number of ketones is 2. The Kier molecular flexibility index (Phi) is 6.18. The number of nitrogens with one attached hydrogen (secondary N) is 1. The van der Waals surface area contributed by atoms with E-state index in [0.717, 1.165) is 26.1 Å². The fraction of sp³-hybridized carbons (Fsp3) is 0.304. The number of anilines is 1. The second-order valence-corrected chi connectivity index (χ2v) is 7.85. The van der Waals surface area contributed by atoms with Gasteiger partial charge in [0.2, 0.25) is 11.6 Å². The average Bonchev–Trinajstić information content (AvgIpc) is 2.82. The zero-order valence-corrected chi connectivity index (χ0v) is 17.6. The number of para-hydroxylation sites is 2. The number of rotatable bonds is 7. The lowest BCUT2D eigenvalue weighted by Gasteiger charge is -2.35. The van der Waals surface area contributed by atoms with Crippen LogP contribution in [-0.2, 0) is 0 Å². The van der Waals surface area contributed by atoms with E-state index in [4.69, 9.17) is 5.73 Å². The van der Waals surface area contributed by atoms with Gasteiger partial charge >= 0.3 is 0 Å². The van der Waals surface area contributed by atoms with E-state index < -0.39 is 0 Å². The molecule has 1 aliphatic carbocycles. The monoisotopic (exact) mass is 435 g/mol. The minimum Gasteiger partial charge on any atom is -0.394 e. The highest BCUT2D eigenvalue weighted by molar-refractivity contribution is 6.26. The van der Waals surface area contributed by atoms with Gasteiger partial charge in [0.15, 0.2) is 0 Å². The van der Waals surface area contributed by atoms with Gasteiger partial charge in [0.05, 0.1) is 4.92 Å². The number of nitrogens with zero attached hydrogens (tertiary/aromatic N) is 3. The number of benzene rings is 2. The van der Waals surface area contributed by atoms with Crippen molar-refractivity contribution in [3.05, 3.63) is 81.2 Å². The Morgan fingerprint density at radius 1 is 0.938 bits per heavy atom. The summed E-state index contributed by atoms with van der Waals surface area (Å²) in [6.07, 6.45) is 0.769. The molecule has 1 heterocycles. The highest BCUT2D eigenvalue weighted by atomic mass is 16.6. The molecule has 2 aromatic carbocycles. The van der Waals surface area contributed by atoms with E-state index in [9.17, 15) is 19.7 Å². The fourth-order valence-corrected chi connectivity index (χ4v) is 4.18. The standard InChI is InChI=1S/C23H25N5O4/c24-20-21(23(30)17-7-2-1-6-16(17)22(20)29)25-10-5-11-26-12-14-27(15-13-26)18-8-3-4-9-19(18)28(31)32/h1-4,6-9,25H,5,10-15,24H2. The van der Waals surface area contributed by atoms with Crippen molar-refractivity contribution >= 4 is 22.9 Å². The summed E-state index contributed by atoms with van der Waals surface area (Å²) in [7, 11) is 0. The SMILES string of the molecule is NC1=C(NCCCN2CCN(c3ccccc3[N+](=O)[O-])CC2)C(=O)c2ccccc2C1=O. The summed E-state index contributed by atoms with van der Waals surface area (Å²) in [6.45, 7) is 4.33. The molecular weight excluding hydrogens is 410 g/mol. The Morgan fingerprint density at radius 3 is 2.25 bits per heavy atom. The highest BCUT2D eigenvalue weighted by Crippen LogP contribution is 2.28. The third-order valence-electron chi connectivity index (χ3n) is 5.90. The molecule has 166 valence electrons. The van der Waals surface area contributed by atoms with Crippen molar-refractivity contribution < 1.29 is 14.5 Å². The predicted octanol–water partition coefficient (Wildman–Crippen LogP) is 1.95. The van der Waals surface area contributed by atoms with Crippen LogP contribution < -0.4 is 16.0 Å². The molecular formula is C23H25N5O4. The first-order chi connectivity index (χ1) is 15.5. The number of fused-ring (bicyclic) bond motifs is 1. The number of allylic oxidation sites excluding steroid dienone is 2. The van der Waals surface area contributed by atoms with Gasteiger partial charge in [-0.05, 0) is 19.0 Å². The summed E-state index contributed by atoms with van der Waals surface area (Å²) in [5.41, 5.74) is 7.58. The number of Topliss-reactive ketones (excluding diaryl/α,β-unsaturated/α-hetero) is 2. The molecule has 0 spiro atoms. The maximum Gasteiger partial charge on any atom is 0.292 e.